The predicted molar refractivity (Wildman–Crippen MR) is 185 cm³/mol. The highest BCUT2D eigenvalue weighted by Gasteiger charge is 2.38. The van der Waals surface area contributed by atoms with Crippen LogP contribution in [0.15, 0.2) is 54.4 Å². The minimum atomic E-state index is -1.34. The lowest BCUT2D eigenvalue weighted by atomic mass is 9.97. The van der Waals surface area contributed by atoms with E-state index in [1.54, 1.807) is 20.8 Å². The summed E-state index contributed by atoms with van der Waals surface area (Å²) in [5.41, 5.74) is 0.549. The number of nitrogens with zero attached hydrogens (tertiary/aromatic N) is 2. The Hall–Kier alpha value is -4.45. The monoisotopic (exact) mass is 664 g/mol. The van der Waals surface area contributed by atoms with E-state index in [4.69, 9.17) is 4.74 Å². The molecule has 0 bridgehead atoms. The number of carbonyl (C=O) groups excluding carboxylic acids is 5. The molecule has 1 aromatic carbocycles. The molecule has 0 spiro atoms. The van der Waals surface area contributed by atoms with Crippen LogP contribution in [0.3, 0.4) is 0 Å². The lowest BCUT2D eigenvalue weighted by Gasteiger charge is -2.32. The van der Waals surface area contributed by atoms with E-state index in [1.165, 1.54) is 25.3 Å². The van der Waals surface area contributed by atoms with Crippen LogP contribution in [0.5, 0.6) is 0 Å². The van der Waals surface area contributed by atoms with Gasteiger partial charge >= 0.3 is 0 Å². The van der Waals surface area contributed by atoms with Crippen LogP contribution < -0.4 is 16.0 Å². The van der Waals surface area contributed by atoms with Crippen LogP contribution in [-0.4, -0.2) is 95.2 Å². The van der Waals surface area contributed by atoms with Gasteiger partial charge in [0.25, 0.3) is 11.8 Å². The third-order valence-corrected chi connectivity index (χ3v) is 8.39. The Morgan fingerprint density at radius 1 is 1.04 bits per heavy atom. The van der Waals surface area contributed by atoms with Crippen molar-refractivity contribution in [3.05, 3.63) is 60.0 Å². The molecule has 1 aliphatic rings. The van der Waals surface area contributed by atoms with Crippen molar-refractivity contribution in [1.29, 1.82) is 0 Å². The molecular weight excluding hydrogens is 612 g/mol. The van der Waals surface area contributed by atoms with Gasteiger partial charge in [0.1, 0.15) is 23.4 Å². The van der Waals surface area contributed by atoms with E-state index in [9.17, 15) is 24.0 Å². The van der Waals surface area contributed by atoms with Crippen molar-refractivity contribution in [2.75, 3.05) is 21.2 Å². The fraction of sp³-hybridized carbons (Fsp3) is 0.528. The first-order valence-electron chi connectivity index (χ1n) is 16.4. The average molecular weight is 665 g/mol. The minimum Gasteiger partial charge on any atom is -0.499 e. The molecule has 12 nitrogen and oxygen atoms in total. The van der Waals surface area contributed by atoms with Gasteiger partial charge in [0.2, 0.25) is 17.7 Å². The maximum Gasteiger partial charge on any atom is 0.257 e. The number of aromatic nitrogens is 1. The normalized spacial score (nSPS) is 17.2. The number of rotatable bonds is 15. The third kappa shape index (κ3) is 9.33. The Morgan fingerprint density at radius 3 is 2.31 bits per heavy atom. The number of H-pyrrole nitrogens is 1. The SMILES string of the molecule is COC1=CC(=O)N(C(=O)C=C[C@H](C)NC(=O)C(C)(C)NC(=O)[C@H](CC(C)C)NC(=O)[C@H](C(C)C)N(C)C)[C@H]1Cc1c[nH]c2ccccc12. The third-order valence-electron chi connectivity index (χ3n) is 8.39. The lowest BCUT2D eigenvalue weighted by molar-refractivity contribution is -0.139. The van der Waals surface area contributed by atoms with Gasteiger partial charge in [-0.25, -0.2) is 0 Å². The summed E-state index contributed by atoms with van der Waals surface area (Å²) in [6.07, 6.45) is 6.69. The first-order chi connectivity index (χ1) is 22.5. The molecule has 3 rings (SSSR count). The topological polar surface area (TPSA) is 153 Å². The highest BCUT2D eigenvalue weighted by atomic mass is 16.5. The van der Waals surface area contributed by atoms with Crippen molar-refractivity contribution in [2.45, 2.75) is 91.0 Å². The van der Waals surface area contributed by atoms with Crippen LogP contribution >= 0.6 is 0 Å². The van der Waals surface area contributed by atoms with Crippen molar-refractivity contribution in [2.24, 2.45) is 11.8 Å². The van der Waals surface area contributed by atoms with E-state index in [2.05, 4.69) is 20.9 Å². The number of ether oxygens (including phenoxy) is 1. The van der Waals surface area contributed by atoms with E-state index < -0.39 is 53.3 Å². The maximum atomic E-state index is 13.4. The Kier molecular flexibility index (Phi) is 12.7. The summed E-state index contributed by atoms with van der Waals surface area (Å²) in [6, 6.07) is 5.28. The molecule has 1 aliphatic heterocycles. The molecule has 0 aliphatic carbocycles. The van der Waals surface area contributed by atoms with Crippen LogP contribution in [0.25, 0.3) is 10.9 Å². The number of amides is 5. The molecule has 12 heteroatoms. The molecule has 0 unspecified atom stereocenters. The highest BCUT2D eigenvalue weighted by Crippen LogP contribution is 2.28. The zero-order valence-corrected chi connectivity index (χ0v) is 29.8. The molecular formula is C36H52N6O6. The van der Waals surface area contributed by atoms with Gasteiger partial charge in [-0.05, 0) is 64.8 Å². The Balaban J connectivity index is 1.66. The number of fused-ring (bicyclic) bond motifs is 1. The van der Waals surface area contributed by atoms with E-state index in [0.717, 1.165) is 21.4 Å². The van der Waals surface area contributed by atoms with Crippen LogP contribution in [0.4, 0.5) is 0 Å². The second kappa shape index (κ2) is 16.1. The molecule has 2 aromatic rings. The second-order valence-corrected chi connectivity index (χ2v) is 14.0. The van der Waals surface area contributed by atoms with E-state index in [-0.39, 0.29) is 17.7 Å². The molecule has 2 heterocycles. The van der Waals surface area contributed by atoms with E-state index >= 15 is 0 Å². The Bertz CT molecular complexity index is 1550. The number of benzene rings is 1. The van der Waals surface area contributed by atoms with Gasteiger partial charge in [0.05, 0.1) is 13.2 Å². The average Bonchev–Trinajstić information content (AvgIpc) is 3.54. The summed E-state index contributed by atoms with van der Waals surface area (Å²) in [6.45, 7) is 12.6. The van der Waals surface area contributed by atoms with Gasteiger partial charge in [-0.2, -0.15) is 0 Å². The van der Waals surface area contributed by atoms with Crippen molar-refractivity contribution < 1.29 is 28.7 Å². The summed E-state index contributed by atoms with van der Waals surface area (Å²) in [4.78, 5) is 72.3. The van der Waals surface area contributed by atoms with Crippen molar-refractivity contribution in [3.8, 4) is 0 Å². The van der Waals surface area contributed by atoms with Crippen LogP contribution in [0.2, 0.25) is 0 Å². The number of imide groups is 1. The first kappa shape index (κ1) is 38.0. The molecule has 1 aromatic heterocycles. The summed E-state index contributed by atoms with van der Waals surface area (Å²) in [7, 11) is 5.10. The molecule has 48 heavy (non-hydrogen) atoms. The number of hydrogen-bond acceptors (Lipinski definition) is 7. The summed E-state index contributed by atoms with van der Waals surface area (Å²) >= 11 is 0. The number of aromatic amines is 1. The zero-order valence-electron chi connectivity index (χ0n) is 29.8. The molecule has 0 radical (unpaired) electrons. The van der Waals surface area contributed by atoms with Crippen LogP contribution in [-0.2, 0) is 35.1 Å². The van der Waals surface area contributed by atoms with Gasteiger partial charge in [-0.1, -0.05) is 52.0 Å². The summed E-state index contributed by atoms with van der Waals surface area (Å²) < 4.78 is 5.47. The summed E-state index contributed by atoms with van der Waals surface area (Å²) in [5, 5.41) is 9.48. The highest BCUT2D eigenvalue weighted by molar-refractivity contribution is 6.08. The number of nitrogens with one attached hydrogen (secondary N) is 4. The van der Waals surface area contributed by atoms with Crippen molar-refractivity contribution in [1.82, 2.24) is 30.7 Å². The number of para-hydroxylation sites is 1. The van der Waals surface area contributed by atoms with Crippen LogP contribution in [0, 0.1) is 11.8 Å². The largest absolute Gasteiger partial charge is 0.499 e. The number of likely N-dealkylation sites (N-methyl/N-ethyl adjacent to an activating group) is 1. The standard InChI is InChI=1S/C36H52N6O6/c1-21(2)17-27(39-34(46)32(22(3)4)41(8)9)33(45)40-36(6,7)35(47)38-23(5)15-16-30(43)42-28(29(48-10)19-31(42)44)18-24-20-37-26-14-12-11-13-25(24)26/h11-16,19-23,27-28,32,37H,17-18H2,1-10H3,(H,38,47)(H,39,46)(H,40,45)/t23-,27-,28-,32-/m0/s1. The fourth-order valence-corrected chi connectivity index (χ4v) is 6.01. The smallest absolute Gasteiger partial charge is 0.257 e. The molecule has 0 saturated heterocycles. The molecule has 0 saturated carbocycles. The maximum absolute atomic E-state index is 13.4. The molecule has 4 N–H and O–H groups in total. The van der Waals surface area contributed by atoms with Gasteiger partial charge < -0.3 is 25.7 Å². The molecule has 4 atom stereocenters. The van der Waals surface area contributed by atoms with E-state index in [1.807, 2.05) is 77.2 Å². The molecule has 0 fully saturated rings. The second-order valence-electron chi connectivity index (χ2n) is 14.0. The van der Waals surface area contributed by atoms with Crippen LogP contribution in [0.1, 0.15) is 60.5 Å². The van der Waals surface area contributed by atoms with Gasteiger partial charge in [0.15, 0.2) is 0 Å². The Labute approximate surface area is 283 Å². The van der Waals surface area contributed by atoms with E-state index in [0.29, 0.717) is 18.6 Å². The van der Waals surface area contributed by atoms with Gasteiger partial charge in [-0.15, -0.1) is 0 Å². The number of hydrogen-bond donors (Lipinski definition) is 4. The quantitative estimate of drug-likeness (QED) is 0.214. The molecule has 5 amide bonds. The lowest BCUT2D eigenvalue weighted by Crippen LogP contribution is -2.61. The van der Waals surface area contributed by atoms with Gasteiger partial charge in [0, 0.05) is 41.7 Å². The fourth-order valence-electron chi connectivity index (χ4n) is 6.01. The Morgan fingerprint density at radius 2 is 1.71 bits per heavy atom. The summed E-state index contributed by atoms with van der Waals surface area (Å²) in [5.74, 6) is -1.72. The minimum absolute atomic E-state index is 0.0265. The number of carbonyl (C=O) groups is 5. The van der Waals surface area contributed by atoms with Crippen molar-refractivity contribution in [3.63, 3.8) is 0 Å². The zero-order chi connectivity index (χ0) is 35.9. The van der Waals surface area contributed by atoms with Crippen molar-refractivity contribution >= 4 is 40.4 Å². The predicted octanol–water partition coefficient (Wildman–Crippen LogP) is 3.05. The molecule has 262 valence electrons. The number of methoxy groups -OCH3 is 1. The van der Waals surface area contributed by atoms with Gasteiger partial charge in [-0.3, -0.25) is 33.8 Å². The first-order valence-corrected chi connectivity index (χ1v) is 16.4.